The Bertz CT molecular complexity index is 755. The molecule has 0 saturated heterocycles. The van der Waals surface area contributed by atoms with Gasteiger partial charge in [0, 0.05) is 25.1 Å². The zero-order valence-electron chi connectivity index (χ0n) is 19.8. The van der Waals surface area contributed by atoms with E-state index in [4.69, 9.17) is 14.2 Å². The van der Waals surface area contributed by atoms with E-state index in [1.54, 1.807) is 39.0 Å². The fourth-order valence-corrected chi connectivity index (χ4v) is 2.71. The van der Waals surface area contributed by atoms with Crippen LogP contribution in [0.15, 0.2) is 18.2 Å². The summed E-state index contributed by atoms with van der Waals surface area (Å²) in [6.07, 6.45) is 0.716. The number of ether oxygens (including phenoxy) is 3. The molecule has 174 valence electrons. The zero-order valence-corrected chi connectivity index (χ0v) is 19.8. The smallest absolute Gasteiger partial charge is 0.326 e. The van der Waals surface area contributed by atoms with Crippen molar-refractivity contribution in [3.63, 3.8) is 0 Å². The molecule has 0 unspecified atom stereocenters. The van der Waals surface area contributed by atoms with Gasteiger partial charge in [-0.15, -0.1) is 0 Å². The standard InChI is InChI=1S/C23H36N2O6/c1-17(26)18-10-11-19(20(15-18)29-7)30-14-8-9-21(27)25(13-12-24(5)6)16-22(28)31-23(2,3)4/h10-11,15H,8-9,12-14,16H2,1-7H3. The number of ketones is 1. The minimum atomic E-state index is -0.599. The summed E-state index contributed by atoms with van der Waals surface area (Å²) in [5.74, 6) is 0.370. The monoisotopic (exact) mass is 436 g/mol. The van der Waals surface area contributed by atoms with Crippen molar-refractivity contribution in [1.82, 2.24) is 9.80 Å². The third kappa shape index (κ3) is 10.3. The number of hydrogen-bond acceptors (Lipinski definition) is 7. The molecular formula is C23H36N2O6. The van der Waals surface area contributed by atoms with Crippen LogP contribution in [0, 0.1) is 0 Å². The summed E-state index contributed by atoms with van der Waals surface area (Å²) in [4.78, 5) is 39.9. The molecule has 8 heteroatoms. The Morgan fingerprint density at radius 1 is 1.03 bits per heavy atom. The first-order chi connectivity index (χ1) is 14.4. The number of nitrogens with zero attached hydrogens (tertiary/aromatic N) is 2. The summed E-state index contributed by atoms with van der Waals surface area (Å²) in [5, 5.41) is 0. The average molecular weight is 437 g/mol. The molecule has 0 aromatic heterocycles. The lowest BCUT2D eigenvalue weighted by Gasteiger charge is -2.26. The number of likely N-dealkylation sites (N-methyl/N-ethyl adjacent to an activating group) is 1. The Balaban J connectivity index is 2.62. The predicted molar refractivity (Wildman–Crippen MR) is 119 cm³/mol. The number of methoxy groups -OCH3 is 1. The van der Waals surface area contributed by atoms with Crippen molar-refractivity contribution in [3.05, 3.63) is 23.8 Å². The van der Waals surface area contributed by atoms with Crippen LogP contribution in [0.5, 0.6) is 11.5 Å². The minimum Gasteiger partial charge on any atom is -0.493 e. The Morgan fingerprint density at radius 2 is 1.71 bits per heavy atom. The van der Waals surface area contributed by atoms with E-state index in [1.165, 1.54) is 18.9 Å². The minimum absolute atomic E-state index is 0.0572. The summed E-state index contributed by atoms with van der Waals surface area (Å²) in [6.45, 7) is 8.18. The number of benzene rings is 1. The second-order valence-electron chi connectivity index (χ2n) is 8.58. The van der Waals surface area contributed by atoms with Gasteiger partial charge in [-0.1, -0.05) is 0 Å². The maximum Gasteiger partial charge on any atom is 0.326 e. The van der Waals surface area contributed by atoms with Gasteiger partial charge in [-0.25, -0.2) is 0 Å². The van der Waals surface area contributed by atoms with E-state index >= 15 is 0 Å². The number of esters is 1. The van der Waals surface area contributed by atoms with Crippen molar-refractivity contribution in [2.24, 2.45) is 0 Å². The van der Waals surface area contributed by atoms with Crippen LogP contribution >= 0.6 is 0 Å². The largest absolute Gasteiger partial charge is 0.493 e. The summed E-state index contributed by atoms with van der Waals surface area (Å²) in [5.41, 5.74) is -0.0592. The maximum atomic E-state index is 12.7. The average Bonchev–Trinajstić information content (AvgIpc) is 2.66. The molecule has 0 aliphatic carbocycles. The van der Waals surface area contributed by atoms with Crippen LogP contribution in [-0.2, 0) is 14.3 Å². The molecule has 31 heavy (non-hydrogen) atoms. The molecule has 1 aromatic carbocycles. The molecule has 0 N–H and O–H groups in total. The van der Waals surface area contributed by atoms with E-state index in [0.29, 0.717) is 43.2 Å². The molecule has 0 spiro atoms. The number of Topliss-reactive ketones (excluding diaryl/α,β-unsaturated/α-hetero) is 1. The summed E-state index contributed by atoms with van der Waals surface area (Å²) >= 11 is 0. The highest BCUT2D eigenvalue weighted by atomic mass is 16.6. The van der Waals surface area contributed by atoms with Crippen molar-refractivity contribution >= 4 is 17.7 Å². The number of carbonyl (C=O) groups excluding carboxylic acids is 3. The van der Waals surface area contributed by atoms with Gasteiger partial charge in [0.2, 0.25) is 5.91 Å². The molecule has 8 nitrogen and oxygen atoms in total. The van der Waals surface area contributed by atoms with Gasteiger partial charge < -0.3 is 24.0 Å². The van der Waals surface area contributed by atoms with Crippen LogP contribution < -0.4 is 9.47 Å². The normalized spacial score (nSPS) is 11.2. The fourth-order valence-electron chi connectivity index (χ4n) is 2.71. The van der Waals surface area contributed by atoms with Gasteiger partial charge in [0.05, 0.1) is 13.7 Å². The van der Waals surface area contributed by atoms with Gasteiger partial charge in [-0.05, 0) is 66.4 Å². The first-order valence-electron chi connectivity index (χ1n) is 10.4. The van der Waals surface area contributed by atoms with E-state index in [0.717, 1.165) is 0 Å². The summed E-state index contributed by atoms with van der Waals surface area (Å²) in [7, 11) is 5.33. The van der Waals surface area contributed by atoms with Crippen LogP contribution in [0.4, 0.5) is 0 Å². The first-order valence-corrected chi connectivity index (χ1v) is 10.4. The first kappa shape index (κ1) is 26.4. The fraction of sp³-hybridized carbons (Fsp3) is 0.609. The predicted octanol–water partition coefficient (Wildman–Crippen LogP) is 2.79. The molecule has 1 aromatic rings. The van der Waals surface area contributed by atoms with Gasteiger partial charge in [0.15, 0.2) is 17.3 Å². The molecule has 1 rings (SSSR count). The SMILES string of the molecule is COc1cc(C(C)=O)ccc1OCCCC(=O)N(CCN(C)C)CC(=O)OC(C)(C)C. The second-order valence-corrected chi connectivity index (χ2v) is 8.58. The highest BCUT2D eigenvalue weighted by Gasteiger charge is 2.22. The molecule has 0 saturated carbocycles. The highest BCUT2D eigenvalue weighted by Crippen LogP contribution is 2.28. The number of hydrogen-bond donors (Lipinski definition) is 0. The second kappa shape index (κ2) is 12.3. The van der Waals surface area contributed by atoms with Crippen LogP contribution in [0.3, 0.4) is 0 Å². The Hall–Kier alpha value is -2.61. The van der Waals surface area contributed by atoms with E-state index in [1.807, 2.05) is 19.0 Å². The van der Waals surface area contributed by atoms with E-state index in [2.05, 4.69) is 0 Å². The third-order valence-corrected chi connectivity index (χ3v) is 4.27. The molecule has 0 atom stereocenters. The van der Waals surface area contributed by atoms with Crippen LogP contribution in [0.25, 0.3) is 0 Å². The molecule has 0 radical (unpaired) electrons. The van der Waals surface area contributed by atoms with Gasteiger partial charge in [0.25, 0.3) is 0 Å². The molecule has 0 aliphatic rings. The molecule has 0 bridgehead atoms. The Labute approximate surface area is 185 Å². The van der Waals surface area contributed by atoms with E-state index in [9.17, 15) is 14.4 Å². The molecule has 0 aliphatic heterocycles. The van der Waals surface area contributed by atoms with Crippen LogP contribution in [0.2, 0.25) is 0 Å². The lowest BCUT2D eigenvalue weighted by Crippen LogP contribution is -2.42. The number of amides is 1. The van der Waals surface area contributed by atoms with Crippen molar-refractivity contribution in [3.8, 4) is 11.5 Å². The molecule has 0 fully saturated rings. The molecule has 1 amide bonds. The quantitative estimate of drug-likeness (QED) is 0.283. The maximum absolute atomic E-state index is 12.7. The van der Waals surface area contributed by atoms with Crippen molar-refractivity contribution in [2.75, 3.05) is 47.4 Å². The summed E-state index contributed by atoms with van der Waals surface area (Å²) in [6, 6.07) is 4.99. The Morgan fingerprint density at radius 3 is 2.26 bits per heavy atom. The highest BCUT2D eigenvalue weighted by molar-refractivity contribution is 5.94. The third-order valence-electron chi connectivity index (χ3n) is 4.27. The topological polar surface area (TPSA) is 85.4 Å². The van der Waals surface area contributed by atoms with Crippen molar-refractivity contribution in [2.45, 2.75) is 46.1 Å². The lowest BCUT2D eigenvalue weighted by atomic mass is 10.1. The van der Waals surface area contributed by atoms with Crippen molar-refractivity contribution < 1.29 is 28.6 Å². The zero-order chi connectivity index (χ0) is 23.6. The van der Waals surface area contributed by atoms with Crippen molar-refractivity contribution in [1.29, 1.82) is 0 Å². The van der Waals surface area contributed by atoms with Gasteiger partial charge in [-0.3, -0.25) is 14.4 Å². The molecule has 0 heterocycles. The molecular weight excluding hydrogens is 400 g/mol. The Kier molecular flexibility index (Phi) is 10.5. The van der Waals surface area contributed by atoms with Gasteiger partial charge in [0.1, 0.15) is 12.1 Å². The van der Waals surface area contributed by atoms with Crippen LogP contribution in [-0.4, -0.2) is 80.5 Å². The number of rotatable bonds is 12. The van der Waals surface area contributed by atoms with Gasteiger partial charge >= 0.3 is 5.97 Å². The van der Waals surface area contributed by atoms with Crippen LogP contribution in [0.1, 0.15) is 50.9 Å². The number of carbonyl (C=O) groups is 3. The van der Waals surface area contributed by atoms with Gasteiger partial charge in [-0.2, -0.15) is 0 Å². The summed E-state index contributed by atoms with van der Waals surface area (Å²) < 4.78 is 16.4. The van der Waals surface area contributed by atoms with E-state index in [-0.39, 0.29) is 24.7 Å². The van der Waals surface area contributed by atoms with E-state index < -0.39 is 11.6 Å². The lowest BCUT2D eigenvalue weighted by molar-refractivity contribution is -0.159.